The van der Waals surface area contributed by atoms with Gasteiger partial charge in [0.2, 0.25) is 5.91 Å². The average molecular weight is 328 g/mol. The summed E-state index contributed by atoms with van der Waals surface area (Å²) in [6, 6.07) is 4.73. The molecule has 23 heavy (non-hydrogen) atoms. The second-order valence-electron chi connectivity index (χ2n) is 4.25. The maximum atomic E-state index is 11.6. The van der Waals surface area contributed by atoms with Gasteiger partial charge in [-0.3, -0.25) is 15.2 Å². The van der Waals surface area contributed by atoms with Crippen molar-refractivity contribution in [2.75, 3.05) is 33.5 Å². The number of carbonyl (C=O) groups excluding carboxylic acids is 1. The molecule has 9 nitrogen and oxygen atoms in total. The Morgan fingerprint density at radius 1 is 1.30 bits per heavy atom. The molecule has 0 saturated carbocycles. The molecule has 1 aromatic rings. The van der Waals surface area contributed by atoms with Crippen molar-refractivity contribution >= 4 is 12.0 Å². The predicted octanol–water partition coefficient (Wildman–Crippen LogP) is 0.559. The van der Waals surface area contributed by atoms with Crippen LogP contribution < -0.4 is 10.1 Å². The lowest BCUT2D eigenvalue weighted by Crippen LogP contribution is -2.26. The van der Waals surface area contributed by atoms with Crippen LogP contribution in [0.25, 0.3) is 6.08 Å². The van der Waals surface area contributed by atoms with Gasteiger partial charge in [-0.05, 0) is 23.8 Å². The Labute approximate surface area is 133 Å². The molecule has 1 rings (SSSR count). The molecule has 0 aliphatic heterocycles. The van der Waals surface area contributed by atoms with Crippen molar-refractivity contribution < 1.29 is 34.6 Å². The highest BCUT2D eigenvalue weighted by atomic mass is 17.1. The Bertz CT molecular complexity index is 520. The molecule has 0 spiro atoms. The van der Waals surface area contributed by atoms with Crippen molar-refractivity contribution in [1.29, 1.82) is 0 Å². The van der Waals surface area contributed by atoms with E-state index in [1.165, 1.54) is 19.3 Å². The van der Waals surface area contributed by atoms with Crippen LogP contribution >= 0.6 is 0 Å². The number of amides is 1. The first-order valence-electron chi connectivity index (χ1n) is 6.74. The number of benzene rings is 1. The molecule has 0 bridgehead atoms. The Kier molecular flexibility index (Phi) is 8.65. The fourth-order valence-corrected chi connectivity index (χ4v) is 1.56. The minimum Gasteiger partial charge on any atom is -0.504 e. The minimum absolute atomic E-state index is 0.0243. The number of methoxy groups -OCH3 is 1. The Hall–Kier alpha value is -2.17. The third-order valence-corrected chi connectivity index (χ3v) is 2.61. The third-order valence-electron chi connectivity index (χ3n) is 2.61. The molecule has 0 radical (unpaired) electrons. The van der Waals surface area contributed by atoms with Gasteiger partial charge in [-0.15, -0.1) is 0 Å². The molecule has 128 valence electrons. The molecule has 9 heteroatoms. The van der Waals surface area contributed by atoms with Crippen LogP contribution in [0.4, 0.5) is 0 Å². The van der Waals surface area contributed by atoms with E-state index in [-0.39, 0.29) is 31.5 Å². The lowest BCUT2D eigenvalue weighted by molar-refractivity contribution is -0.493. The summed E-state index contributed by atoms with van der Waals surface area (Å²) in [5.74, 6) is 0.0574. The van der Waals surface area contributed by atoms with Gasteiger partial charge in [0.1, 0.15) is 0 Å². The highest BCUT2D eigenvalue weighted by Crippen LogP contribution is 2.26. The number of aromatic hydroxyl groups is 1. The summed E-state index contributed by atoms with van der Waals surface area (Å²) in [6.07, 6.45) is 2.94. The van der Waals surface area contributed by atoms with Gasteiger partial charge in [-0.25, -0.2) is 4.84 Å². The van der Waals surface area contributed by atoms with Crippen molar-refractivity contribution in [3.63, 3.8) is 0 Å². The van der Waals surface area contributed by atoms with Gasteiger partial charge in [-0.1, -0.05) is 6.07 Å². The molecule has 0 atom stereocenters. The van der Waals surface area contributed by atoms with Crippen LogP contribution in [0, 0.1) is 0 Å². The van der Waals surface area contributed by atoms with Crippen molar-refractivity contribution in [2.45, 2.75) is 0 Å². The van der Waals surface area contributed by atoms with E-state index in [1.807, 2.05) is 0 Å². The van der Waals surface area contributed by atoms with E-state index in [9.17, 15) is 9.90 Å². The van der Waals surface area contributed by atoms with Crippen LogP contribution in [0.3, 0.4) is 0 Å². The van der Waals surface area contributed by atoms with E-state index >= 15 is 0 Å². The number of phenols is 1. The summed E-state index contributed by atoms with van der Waals surface area (Å²) in [7, 11) is 1.44. The first-order valence-corrected chi connectivity index (χ1v) is 6.74. The Balaban J connectivity index is 2.23. The fraction of sp³-hybridized carbons (Fsp3) is 0.357. The monoisotopic (exact) mass is 328 g/mol. The Morgan fingerprint density at radius 3 is 2.78 bits per heavy atom. The summed E-state index contributed by atoms with van der Waals surface area (Å²) < 4.78 is 10.1. The number of ether oxygens (including phenoxy) is 2. The molecule has 4 N–H and O–H groups in total. The molecule has 1 aromatic carbocycles. The van der Waals surface area contributed by atoms with Crippen LogP contribution in [0.1, 0.15) is 5.56 Å². The van der Waals surface area contributed by atoms with Crippen LogP contribution in [-0.2, 0) is 14.4 Å². The molecule has 0 heterocycles. The molecule has 0 aliphatic rings. The molecule has 0 fully saturated rings. The van der Waals surface area contributed by atoms with Gasteiger partial charge in [0, 0.05) is 12.6 Å². The standard InChI is InChI=1S/C14H20N2O7/c1-21-13-10-11(2-4-12(13)17)3-5-14(18)15-6-7-22-8-9-23-16(19)20/h2-5,10,17,19-20H,6-9H2,1H3,(H,15,18)/b5-3+. The molecular weight excluding hydrogens is 308 g/mol. The van der Waals surface area contributed by atoms with Crippen LogP contribution in [0.5, 0.6) is 11.5 Å². The van der Waals surface area contributed by atoms with Crippen LogP contribution in [0.2, 0.25) is 0 Å². The van der Waals surface area contributed by atoms with Crippen molar-refractivity contribution in [3.05, 3.63) is 29.8 Å². The number of nitrogens with one attached hydrogen (secondary N) is 1. The predicted molar refractivity (Wildman–Crippen MR) is 78.9 cm³/mol. The van der Waals surface area contributed by atoms with Gasteiger partial charge >= 0.3 is 0 Å². The van der Waals surface area contributed by atoms with E-state index in [2.05, 4.69) is 10.2 Å². The third kappa shape index (κ3) is 8.14. The average Bonchev–Trinajstić information content (AvgIpc) is 2.52. The summed E-state index contributed by atoms with van der Waals surface area (Å²) in [5.41, 5.74) is 0.709. The Morgan fingerprint density at radius 2 is 2.09 bits per heavy atom. The first-order chi connectivity index (χ1) is 11.0. The zero-order chi connectivity index (χ0) is 17.1. The van der Waals surface area contributed by atoms with Gasteiger partial charge in [0.05, 0.1) is 32.3 Å². The lowest BCUT2D eigenvalue weighted by atomic mass is 10.2. The van der Waals surface area contributed by atoms with Crippen molar-refractivity contribution in [2.24, 2.45) is 0 Å². The van der Waals surface area contributed by atoms with E-state index in [0.717, 1.165) is 0 Å². The molecule has 1 amide bonds. The van der Waals surface area contributed by atoms with Gasteiger partial charge in [0.15, 0.2) is 11.5 Å². The van der Waals surface area contributed by atoms with E-state index in [4.69, 9.17) is 19.9 Å². The van der Waals surface area contributed by atoms with E-state index in [1.54, 1.807) is 18.2 Å². The smallest absolute Gasteiger partial charge is 0.244 e. The highest BCUT2D eigenvalue weighted by molar-refractivity contribution is 5.91. The lowest BCUT2D eigenvalue weighted by Gasteiger charge is -2.07. The molecular formula is C14H20N2O7. The van der Waals surface area contributed by atoms with Crippen LogP contribution in [-0.4, -0.2) is 60.3 Å². The van der Waals surface area contributed by atoms with E-state index < -0.39 is 5.39 Å². The summed E-state index contributed by atoms with van der Waals surface area (Å²) in [5, 5.41) is 28.2. The molecule has 0 aromatic heterocycles. The quantitative estimate of drug-likeness (QED) is 0.279. The van der Waals surface area contributed by atoms with E-state index in [0.29, 0.717) is 17.9 Å². The normalized spacial score (nSPS) is 11.1. The van der Waals surface area contributed by atoms with Crippen molar-refractivity contribution in [3.8, 4) is 11.5 Å². The summed E-state index contributed by atoms with van der Waals surface area (Å²) in [4.78, 5) is 15.9. The topological polar surface area (TPSA) is 121 Å². The zero-order valence-corrected chi connectivity index (χ0v) is 12.6. The summed E-state index contributed by atoms with van der Waals surface area (Å²) in [6.45, 7) is 0.678. The zero-order valence-electron chi connectivity index (χ0n) is 12.6. The number of hydrogen-bond acceptors (Lipinski definition) is 8. The van der Waals surface area contributed by atoms with Gasteiger partial charge in [0.25, 0.3) is 0 Å². The van der Waals surface area contributed by atoms with Crippen molar-refractivity contribution in [1.82, 2.24) is 10.7 Å². The second-order valence-corrected chi connectivity index (χ2v) is 4.25. The number of hydrogen-bond donors (Lipinski definition) is 4. The maximum absolute atomic E-state index is 11.6. The maximum Gasteiger partial charge on any atom is 0.244 e. The number of carbonyl (C=O) groups is 1. The molecule has 0 unspecified atom stereocenters. The first kappa shape index (κ1) is 18.9. The number of nitrogens with zero attached hydrogens (tertiary/aromatic N) is 1. The number of phenolic OH excluding ortho intramolecular Hbond substituents is 1. The largest absolute Gasteiger partial charge is 0.504 e. The fourth-order valence-electron chi connectivity index (χ4n) is 1.56. The summed E-state index contributed by atoms with van der Waals surface area (Å²) >= 11 is 0. The SMILES string of the molecule is COc1cc(/C=C/C(=O)NCCOCCON(O)O)ccc1O. The minimum atomic E-state index is -0.395. The van der Waals surface area contributed by atoms with Gasteiger partial charge < -0.3 is 19.9 Å². The molecule has 0 saturated heterocycles. The second kappa shape index (κ2) is 10.5. The van der Waals surface area contributed by atoms with Gasteiger partial charge in [-0.2, -0.15) is 0 Å². The highest BCUT2D eigenvalue weighted by Gasteiger charge is 2.01. The van der Waals surface area contributed by atoms with Crippen LogP contribution in [0.15, 0.2) is 24.3 Å². The number of rotatable bonds is 10. The molecule has 0 aliphatic carbocycles.